The molecule has 0 aliphatic carbocycles. The molecule has 7 nitrogen and oxygen atoms in total. The second-order valence-electron chi connectivity index (χ2n) is 8.21. The smallest absolute Gasteiger partial charge is 0.255 e. The Bertz CT molecular complexity index is 1570. The third-order valence-corrected chi connectivity index (χ3v) is 6.63. The van der Waals surface area contributed by atoms with Gasteiger partial charge < -0.3 is 20.1 Å². The molecule has 0 bridgehead atoms. The van der Waals surface area contributed by atoms with Crippen LogP contribution in [0.15, 0.2) is 78.4 Å². The van der Waals surface area contributed by atoms with E-state index in [9.17, 15) is 9.18 Å². The predicted molar refractivity (Wildman–Crippen MR) is 149 cm³/mol. The predicted octanol–water partition coefficient (Wildman–Crippen LogP) is 7.29. The van der Waals surface area contributed by atoms with Crippen molar-refractivity contribution in [2.24, 2.45) is 0 Å². The maximum absolute atomic E-state index is 13.5. The number of carbonyl (C=O) groups is 1. The molecular weight excluding hydrogens is 503 g/mol. The number of halogens is 1. The molecule has 9 heteroatoms. The molecule has 2 N–H and O–H groups in total. The average Bonchev–Trinajstić information content (AvgIpc) is 3.37. The van der Waals surface area contributed by atoms with E-state index >= 15 is 0 Å². The molecule has 2 aromatic heterocycles. The maximum atomic E-state index is 13.5. The van der Waals surface area contributed by atoms with Crippen LogP contribution in [-0.2, 0) is 0 Å². The van der Waals surface area contributed by atoms with Crippen molar-refractivity contribution in [1.29, 1.82) is 0 Å². The zero-order valence-corrected chi connectivity index (χ0v) is 21.6. The number of nitrogens with one attached hydrogen (secondary N) is 2. The highest BCUT2D eigenvalue weighted by Crippen LogP contribution is 2.42. The van der Waals surface area contributed by atoms with E-state index in [1.165, 1.54) is 29.8 Å². The average molecular weight is 529 g/mol. The number of carbonyl (C=O) groups excluding carboxylic acids is 1. The molecule has 5 rings (SSSR count). The van der Waals surface area contributed by atoms with Gasteiger partial charge in [-0.25, -0.2) is 14.4 Å². The Hall–Kier alpha value is -4.50. The molecule has 0 radical (unpaired) electrons. The van der Waals surface area contributed by atoms with E-state index in [0.29, 0.717) is 47.5 Å². The molecule has 0 atom stereocenters. The second kappa shape index (κ2) is 11.3. The zero-order chi connectivity index (χ0) is 26.5. The van der Waals surface area contributed by atoms with Crippen LogP contribution in [0.25, 0.3) is 21.3 Å². The van der Waals surface area contributed by atoms with Gasteiger partial charge in [0.1, 0.15) is 34.3 Å². The van der Waals surface area contributed by atoms with Crippen LogP contribution in [-0.4, -0.2) is 29.1 Å². The summed E-state index contributed by atoms with van der Waals surface area (Å²) in [5.74, 6) is 1.02. The van der Waals surface area contributed by atoms with Crippen LogP contribution in [0.2, 0.25) is 0 Å². The molecular formula is C29H25FN4O3S. The van der Waals surface area contributed by atoms with E-state index in [1.807, 2.05) is 37.4 Å². The van der Waals surface area contributed by atoms with Crippen molar-refractivity contribution in [2.75, 3.05) is 23.8 Å². The second-order valence-corrected chi connectivity index (χ2v) is 9.07. The first-order valence-corrected chi connectivity index (χ1v) is 13.0. The Labute approximate surface area is 223 Å². The maximum Gasteiger partial charge on any atom is 0.255 e. The molecule has 0 aliphatic rings. The number of thiophene rings is 1. The fraction of sp³-hybridized carbons (Fsp3) is 0.138. The normalized spacial score (nSPS) is 10.8. The fourth-order valence-electron chi connectivity index (χ4n) is 4.03. The number of aromatic nitrogens is 2. The Morgan fingerprint density at radius 2 is 1.61 bits per heavy atom. The Morgan fingerprint density at radius 1 is 0.921 bits per heavy atom. The van der Waals surface area contributed by atoms with E-state index in [-0.39, 0.29) is 11.7 Å². The fourth-order valence-corrected chi connectivity index (χ4v) is 4.94. The summed E-state index contributed by atoms with van der Waals surface area (Å²) in [6, 6.07) is 18.8. The lowest BCUT2D eigenvalue weighted by atomic mass is 10.1. The minimum absolute atomic E-state index is 0.255. The number of hydrogen-bond acceptors (Lipinski definition) is 7. The van der Waals surface area contributed by atoms with Crippen molar-refractivity contribution in [3.63, 3.8) is 0 Å². The van der Waals surface area contributed by atoms with Gasteiger partial charge in [0.25, 0.3) is 5.91 Å². The van der Waals surface area contributed by atoms with Gasteiger partial charge in [-0.1, -0.05) is 30.3 Å². The summed E-state index contributed by atoms with van der Waals surface area (Å²) in [5, 5.41) is 9.11. The number of hydrogen-bond donors (Lipinski definition) is 2. The van der Waals surface area contributed by atoms with Crippen molar-refractivity contribution < 1.29 is 18.7 Å². The number of benzene rings is 3. The summed E-state index contributed by atoms with van der Waals surface area (Å²) in [7, 11) is 0. The van der Waals surface area contributed by atoms with Crippen LogP contribution in [0.1, 0.15) is 24.2 Å². The largest absolute Gasteiger partial charge is 0.492 e. The van der Waals surface area contributed by atoms with Crippen LogP contribution in [0.3, 0.4) is 0 Å². The van der Waals surface area contributed by atoms with E-state index in [1.54, 1.807) is 36.4 Å². The van der Waals surface area contributed by atoms with Gasteiger partial charge in [-0.2, -0.15) is 0 Å². The Kier molecular flexibility index (Phi) is 7.46. The molecule has 0 unspecified atom stereocenters. The highest BCUT2D eigenvalue weighted by molar-refractivity contribution is 7.17. The molecule has 3 aromatic carbocycles. The lowest BCUT2D eigenvalue weighted by Gasteiger charge is -2.18. The van der Waals surface area contributed by atoms with Crippen LogP contribution >= 0.6 is 11.3 Å². The topological polar surface area (TPSA) is 85.4 Å². The third kappa shape index (κ3) is 5.28. The minimum Gasteiger partial charge on any atom is -0.492 e. The molecule has 0 aliphatic heterocycles. The summed E-state index contributed by atoms with van der Waals surface area (Å²) in [6.07, 6.45) is 1.49. The summed E-state index contributed by atoms with van der Waals surface area (Å²) in [5.41, 5.74) is 3.39. The van der Waals surface area contributed by atoms with Crippen LogP contribution in [0.5, 0.6) is 11.5 Å². The summed E-state index contributed by atoms with van der Waals surface area (Å²) in [4.78, 5) is 22.6. The summed E-state index contributed by atoms with van der Waals surface area (Å²) in [6.45, 7) is 4.57. The van der Waals surface area contributed by atoms with Crippen molar-refractivity contribution in [1.82, 2.24) is 9.97 Å². The molecule has 2 heterocycles. The highest BCUT2D eigenvalue weighted by Gasteiger charge is 2.19. The highest BCUT2D eigenvalue weighted by atomic mass is 32.1. The lowest BCUT2D eigenvalue weighted by Crippen LogP contribution is -2.13. The first-order valence-electron chi connectivity index (χ1n) is 12.1. The number of anilines is 3. The van der Waals surface area contributed by atoms with E-state index < -0.39 is 0 Å². The van der Waals surface area contributed by atoms with Gasteiger partial charge in [-0.05, 0) is 43.7 Å². The van der Waals surface area contributed by atoms with E-state index in [2.05, 4.69) is 20.6 Å². The van der Waals surface area contributed by atoms with Gasteiger partial charge in [0.2, 0.25) is 0 Å². The van der Waals surface area contributed by atoms with Crippen molar-refractivity contribution >= 4 is 44.7 Å². The number of amides is 1. The van der Waals surface area contributed by atoms with Gasteiger partial charge in [0, 0.05) is 28.6 Å². The third-order valence-electron chi connectivity index (χ3n) is 5.74. The molecule has 38 heavy (non-hydrogen) atoms. The first-order chi connectivity index (χ1) is 18.6. The van der Waals surface area contributed by atoms with Gasteiger partial charge in [-0.15, -0.1) is 11.3 Å². The molecule has 0 saturated carbocycles. The lowest BCUT2D eigenvalue weighted by molar-refractivity contribution is 0.102. The van der Waals surface area contributed by atoms with Crippen LogP contribution < -0.4 is 20.1 Å². The number of nitrogens with zero attached hydrogens (tertiary/aromatic N) is 2. The van der Waals surface area contributed by atoms with Gasteiger partial charge >= 0.3 is 0 Å². The van der Waals surface area contributed by atoms with Crippen LogP contribution in [0, 0.1) is 5.82 Å². The molecule has 0 saturated heterocycles. The Morgan fingerprint density at radius 3 is 2.32 bits per heavy atom. The standard InChI is InChI=1S/C29H25FN4O3S/c1-3-36-24-15-23(34-28(35)19-8-6-5-7-9-19)25(37-4-2)14-22(24)33-27-26-21(16-38-29(26)32-17-31-27)18-10-12-20(30)13-11-18/h5-17H,3-4H2,1-2H3,(H,34,35)(H,31,32,33). The first kappa shape index (κ1) is 25.2. The van der Waals surface area contributed by atoms with E-state index in [4.69, 9.17) is 9.47 Å². The SMILES string of the molecule is CCOc1cc(Nc2ncnc3scc(-c4ccc(F)cc4)c23)c(OCC)cc1NC(=O)c1ccccc1. The summed E-state index contributed by atoms with van der Waals surface area (Å²) < 4.78 is 25.4. The minimum atomic E-state index is -0.299. The van der Waals surface area contributed by atoms with Gasteiger partial charge in [0.15, 0.2) is 0 Å². The van der Waals surface area contributed by atoms with Gasteiger partial charge in [-0.3, -0.25) is 4.79 Å². The monoisotopic (exact) mass is 528 g/mol. The van der Waals surface area contributed by atoms with E-state index in [0.717, 1.165) is 21.3 Å². The summed E-state index contributed by atoms with van der Waals surface area (Å²) >= 11 is 1.48. The van der Waals surface area contributed by atoms with Crippen molar-refractivity contribution in [3.8, 4) is 22.6 Å². The zero-order valence-electron chi connectivity index (χ0n) is 20.8. The quantitative estimate of drug-likeness (QED) is 0.209. The number of ether oxygens (including phenoxy) is 2. The van der Waals surface area contributed by atoms with Crippen molar-refractivity contribution in [2.45, 2.75) is 13.8 Å². The molecule has 0 spiro atoms. The molecule has 5 aromatic rings. The Balaban J connectivity index is 1.55. The van der Waals surface area contributed by atoms with Gasteiger partial charge in [0.05, 0.1) is 30.0 Å². The van der Waals surface area contributed by atoms with Crippen LogP contribution in [0.4, 0.5) is 21.6 Å². The number of rotatable bonds is 9. The molecule has 1 amide bonds. The number of fused-ring (bicyclic) bond motifs is 1. The molecule has 0 fully saturated rings. The molecule has 192 valence electrons. The van der Waals surface area contributed by atoms with Crippen molar-refractivity contribution in [3.05, 3.63) is 89.8 Å².